The number of aliphatic hydroxyl groups is 5. The molecule has 2 saturated heterocycles. The quantitative estimate of drug-likeness (QED) is 0.0417. The van der Waals surface area contributed by atoms with E-state index >= 15 is 0 Å². The molecule has 86 heavy (non-hydrogen) atoms. The summed E-state index contributed by atoms with van der Waals surface area (Å²) >= 11 is 6.25. The summed E-state index contributed by atoms with van der Waals surface area (Å²) in [5, 5.41) is 83.4. The number of ketones is 1. The number of Topliss-reactive ketones (excluding diaryl/α,β-unsaturated/α-hetero) is 1. The highest BCUT2D eigenvalue weighted by Gasteiger charge is 2.78. The molecule has 4 aromatic carbocycles. The fourth-order valence-electron chi connectivity index (χ4n) is 13.5. The lowest BCUT2D eigenvalue weighted by Gasteiger charge is -2.67. The molecule has 2 bridgehead atoms. The molecule has 4 fully saturated rings. The minimum absolute atomic E-state index is 0.0188. The second-order valence-electron chi connectivity index (χ2n) is 24.8. The van der Waals surface area contributed by atoms with Crippen LogP contribution in [0.25, 0.3) is 22.3 Å². The van der Waals surface area contributed by atoms with Crippen LogP contribution in [-0.2, 0) is 38.1 Å². The van der Waals surface area contributed by atoms with Crippen LogP contribution in [-0.4, -0.2) is 157 Å². The zero-order valence-corrected chi connectivity index (χ0v) is 49.9. The first-order chi connectivity index (χ1) is 40.4. The van der Waals surface area contributed by atoms with Gasteiger partial charge in [-0.1, -0.05) is 86.1 Å². The fourth-order valence-corrected chi connectivity index (χ4v) is 13.7. The van der Waals surface area contributed by atoms with Crippen molar-refractivity contribution in [2.75, 3.05) is 26.7 Å². The molecule has 1 unspecified atom stereocenters. The monoisotopic (exact) mass is 1210 g/mol. The van der Waals surface area contributed by atoms with Crippen LogP contribution in [0.5, 0.6) is 11.5 Å². The maximum absolute atomic E-state index is 14.9. The van der Waals surface area contributed by atoms with E-state index in [1.54, 1.807) is 107 Å². The molecule has 10 rings (SSSR count). The third-order valence-corrected chi connectivity index (χ3v) is 18.2. The molecule has 3 aliphatic carbocycles. The molecule has 3 heterocycles. The smallest absolute Gasteiger partial charge is 0.408 e. The van der Waals surface area contributed by atoms with E-state index in [1.807, 2.05) is 11.9 Å². The highest BCUT2D eigenvalue weighted by molar-refractivity contribution is 6.33. The predicted molar refractivity (Wildman–Crippen MR) is 311 cm³/mol. The number of hydrogen-bond acceptors (Lipinski definition) is 20. The number of esters is 3. The van der Waals surface area contributed by atoms with Gasteiger partial charge in [0.25, 0.3) is 0 Å². The number of piperidine rings is 1. The number of amides is 1. The van der Waals surface area contributed by atoms with Gasteiger partial charge >= 0.3 is 24.0 Å². The summed E-state index contributed by atoms with van der Waals surface area (Å²) in [4.78, 5) is 83.7. The Hall–Kier alpha value is -7.21. The second-order valence-corrected chi connectivity index (χ2v) is 25.2. The van der Waals surface area contributed by atoms with Crippen molar-refractivity contribution in [1.82, 2.24) is 10.2 Å². The van der Waals surface area contributed by atoms with Crippen molar-refractivity contribution in [3.05, 3.63) is 140 Å². The Morgan fingerprint density at radius 2 is 1.52 bits per heavy atom. The SMILES string of the molecule is CC(=O)O[C@@]12CO[C@@H]1C[C@H](O)[C@@]1(C)C(=O)[C@H](O)C3=C(C)[C@@H](OC(=O)C(O)[C@@H](NC(=O)OC(C)(C)C)c4ccccc4)C[C@@](O)([C@@H](OC(=O)c4ccccc4)[C@H]21)C3(C)C.CN1CC[C@@H](c2c(O)cc(O)c3c(=O)cc(-c4ccccc4Cl)oc23)[C@@H](O)C1. The van der Waals surface area contributed by atoms with Crippen LogP contribution in [0.1, 0.15) is 108 Å². The number of carbonyl (C=O) groups is 5. The Balaban J connectivity index is 0.000000262. The Bertz CT molecular complexity index is 3530. The van der Waals surface area contributed by atoms with Crippen LogP contribution in [0, 0.1) is 16.7 Å². The zero-order valence-electron chi connectivity index (χ0n) is 49.1. The first-order valence-corrected chi connectivity index (χ1v) is 28.7. The van der Waals surface area contributed by atoms with Crippen LogP contribution in [0.4, 0.5) is 4.79 Å². The third kappa shape index (κ3) is 11.4. The lowest BCUT2D eigenvalue weighted by atomic mass is 9.44. The number of likely N-dealkylation sites (N-methyl/N-ethyl adjacent to an activating group) is 1. The number of phenolic OH excluding ortho intramolecular Hbond substituents is 2. The van der Waals surface area contributed by atoms with Gasteiger partial charge in [0.15, 0.2) is 22.9 Å². The van der Waals surface area contributed by atoms with E-state index < -0.39 is 130 Å². The van der Waals surface area contributed by atoms with Crippen molar-refractivity contribution >= 4 is 52.4 Å². The second kappa shape index (κ2) is 23.8. The standard InChI is InChI=1S/C43H53NO14.C21H20ClNO5/c1-22-26(55-37(51)32(48)30(24-15-11-9-12-16-24)44-38(52)58-39(3,4)5)20-43(53)35(56-36(50)25-17-13-10-14-18-25)33-41(8,34(49)31(47)29(22)40(43,6)7)27(46)19-28-42(33,21-54-28)57-23(2)45;1-23-7-6-12(17(27)10-23)19-14(24)8-15(25)20-16(26)9-18(28-21(19)20)11-4-2-3-5-13(11)22/h9-18,26-28,30-33,35,46-48,53H,19-21H2,1-8H3,(H,44,52);2-5,8-9,12,17,24-25,27H,6-7,10H2,1H3/t26-,27-,28+,30-,31+,32?,33-,35-,41+,42-,43+;12-,17+/m01/s1. The molecule has 22 heteroatoms. The number of aromatic hydroxyl groups is 2. The number of nitrogens with one attached hydrogen (secondary N) is 1. The van der Waals surface area contributed by atoms with Gasteiger partial charge in [-0.05, 0) is 95.6 Å². The maximum Gasteiger partial charge on any atom is 0.408 e. The van der Waals surface area contributed by atoms with Gasteiger partial charge in [0.1, 0.15) is 63.8 Å². The summed E-state index contributed by atoms with van der Waals surface area (Å²) in [6.07, 6.45) is -11.7. The van der Waals surface area contributed by atoms with Crippen LogP contribution >= 0.6 is 11.6 Å². The largest absolute Gasteiger partial charge is 0.507 e. The van der Waals surface area contributed by atoms with E-state index in [1.165, 1.54) is 32.0 Å². The molecule has 2 saturated carbocycles. The lowest BCUT2D eigenvalue weighted by Crippen LogP contribution is -2.81. The first-order valence-electron chi connectivity index (χ1n) is 28.3. The molecule has 5 aromatic rings. The number of halogens is 1. The van der Waals surface area contributed by atoms with E-state index in [0.29, 0.717) is 34.7 Å². The van der Waals surface area contributed by atoms with E-state index in [-0.39, 0.29) is 58.0 Å². The van der Waals surface area contributed by atoms with E-state index in [9.17, 15) is 64.5 Å². The highest BCUT2D eigenvalue weighted by Crippen LogP contribution is 2.64. The number of carbonyl (C=O) groups excluding carboxylic acids is 5. The van der Waals surface area contributed by atoms with Crippen molar-refractivity contribution in [1.29, 1.82) is 0 Å². The number of aliphatic hydroxyl groups excluding tert-OH is 4. The summed E-state index contributed by atoms with van der Waals surface area (Å²) in [7, 11) is 1.91. The number of rotatable bonds is 10. The van der Waals surface area contributed by atoms with Crippen LogP contribution in [0.15, 0.2) is 117 Å². The summed E-state index contributed by atoms with van der Waals surface area (Å²) in [6, 6.07) is 24.0. The van der Waals surface area contributed by atoms with Crippen molar-refractivity contribution < 1.29 is 87.8 Å². The van der Waals surface area contributed by atoms with Gasteiger partial charge in [-0.25, -0.2) is 14.4 Å². The average molecular weight is 1210 g/mol. The number of fused-ring (bicyclic) bond motifs is 6. The summed E-state index contributed by atoms with van der Waals surface area (Å²) in [5.74, 6) is -6.13. The molecule has 2 aliphatic heterocycles. The molecule has 1 amide bonds. The summed E-state index contributed by atoms with van der Waals surface area (Å²) < 4.78 is 35.5. The number of benzene rings is 4. The van der Waals surface area contributed by atoms with Crippen molar-refractivity contribution in [3.63, 3.8) is 0 Å². The fraction of sp³-hybridized carbons (Fsp3) is 0.469. The Morgan fingerprint density at radius 3 is 2.13 bits per heavy atom. The molecule has 1 aromatic heterocycles. The van der Waals surface area contributed by atoms with E-state index in [0.717, 1.165) is 19.5 Å². The van der Waals surface area contributed by atoms with Crippen molar-refractivity contribution in [3.8, 4) is 22.8 Å². The van der Waals surface area contributed by atoms with Gasteiger partial charge in [-0.3, -0.25) is 14.4 Å². The molecule has 13 atom stereocenters. The van der Waals surface area contributed by atoms with E-state index in [4.69, 9.17) is 39.7 Å². The molecule has 8 N–H and O–H groups in total. The molecular weight excluding hydrogens is 1140 g/mol. The van der Waals surface area contributed by atoms with Crippen molar-refractivity contribution in [2.24, 2.45) is 16.7 Å². The number of phenols is 2. The van der Waals surface area contributed by atoms with Gasteiger partial charge in [0.2, 0.25) is 0 Å². The number of likely N-dealkylation sites (tertiary alicyclic amines) is 1. The number of ether oxygens (including phenoxy) is 5. The lowest BCUT2D eigenvalue weighted by molar-refractivity contribution is -0.346. The Kier molecular flexibility index (Phi) is 17.5. The van der Waals surface area contributed by atoms with Gasteiger partial charge < -0.3 is 74.1 Å². The maximum atomic E-state index is 14.9. The van der Waals surface area contributed by atoms with Crippen molar-refractivity contribution in [2.45, 2.75) is 146 Å². The van der Waals surface area contributed by atoms with Crippen LogP contribution in [0.2, 0.25) is 5.02 Å². The first kappa shape index (κ1) is 63.3. The molecule has 460 valence electrons. The molecule has 5 aliphatic rings. The number of hydrogen-bond donors (Lipinski definition) is 8. The molecule has 0 spiro atoms. The Labute approximate surface area is 501 Å². The van der Waals surface area contributed by atoms with E-state index in [2.05, 4.69) is 5.32 Å². The van der Waals surface area contributed by atoms with Gasteiger partial charge in [-0.2, -0.15) is 0 Å². The minimum atomic E-state index is -2.35. The average Bonchev–Trinajstić information content (AvgIpc) is 0.675. The number of alkyl carbamates (subject to hydrolysis) is 1. The molecule has 21 nitrogen and oxygen atoms in total. The zero-order chi connectivity index (χ0) is 62.7. The topological polar surface area (TPSA) is 319 Å². The van der Waals surface area contributed by atoms with Gasteiger partial charge in [0, 0.05) is 60.9 Å². The molecule has 0 radical (unpaired) electrons. The Morgan fingerprint density at radius 1 is 0.884 bits per heavy atom. The highest BCUT2D eigenvalue weighted by atomic mass is 35.5. The minimum Gasteiger partial charge on any atom is -0.507 e. The normalized spacial score (nSPS) is 29.4. The summed E-state index contributed by atoms with van der Waals surface area (Å²) in [6.45, 7) is 12.9. The van der Waals surface area contributed by atoms with Crippen LogP contribution < -0.4 is 10.7 Å². The summed E-state index contributed by atoms with van der Waals surface area (Å²) in [5.41, 5.74) is -7.64. The van der Waals surface area contributed by atoms with Gasteiger partial charge in [-0.15, -0.1) is 0 Å². The number of nitrogens with zero attached hydrogens (tertiary/aromatic N) is 1. The van der Waals surface area contributed by atoms with Gasteiger partial charge in [0.05, 0.1) is 46.8 Å². The third-order valence-electron chi connectivity index (χ3n) is 17.9. The molecular formula is C64H73ClN2O19. The van der Waals surface area contributed by atoms with Crippen LogP contribution in [0.3, 0.4) is 0 Å². The predicted octanol–water partition coefficient (Wildman–Crippen LogP) is 6.56. The number of β-amino-alcohol motifs (C(OH)–C–C–N with tert-alkyl or cyclic N) is 1.